The van der Waals surface area contributed by atoms with Gasteiger partial charge in [0.1, 0.15) is 17.4 Å². The van der Waals surface area contributed by atoms with E-state index in [2.05, 4.69) is 10.3 Å². The number of benzene rings is 2. The molecular formula is C25H21FN4O3. The number of ether oxygens (including phenoxy) is 1. The van der Waals surface area contributed by atoms with E-state index in [9.17, 15) is 14.0 Å². The maximum absolute atomic E-state index is 14.8. The maximum atomic E-state index is 14.8. The fourth-order valence-electron chi connectivity index (χ4n) is 3.60. The molecule has 0 spiro atoms. The molecular weight excluding hydrogens is 423 g/mol. The van der Waals surface area contributed by atoms with Crippen molar-refractivity contribution in [2.75, 3.05) is 11.9 Å². The van der Waals surface area contributed by atoms with Crippen LogP contribution in [-0.4, -0.2) is 28.2 Å². The number of urea groups is 1. The molecule has 1 N–H and O–H groups in total. The third kappa shape index (κ3) is 4.99. The Morgan fingerprint density at radius 1 is 1.15 bits per heavy atom. The summed E-state index contributed by atoms with van der Waals surface area (Å²) in [5.74, 6) is 0.170. The zero-order valence-electron chi connectivity index (χ0n) is 18.0. The lowest BCUT2D eigenvalue weighted by atomic mass is 10.0. The number of fused-ring (bicyclic) bond motifs is 1. The molecule has 0 saturated carbocycles. The Hall–Kier alpha value is -4.25. The molecule has 1 aromatic heterocycles. The van der Waals surface area contributed by atoms with Crippen LogP contribution >= 0.6 is 0 Å². The quantitative estimate of drug-likeness (QED) is 0.574. The number of Topliss-reactive ketones (excluding diaryl/α,β-unsaturated/α-hetero) is 1. The minimum Gasteiger partial charge on any atom is -0.454 e. The number of rotatable bonds is 7. The number of hydrogen-bond donors (Lipinski definition) is 1. The van der Waals surface area contributed by atoms with Crippen LogP contribution in [0, 0.1) is 17.1 Å². The molecule has 8 heteroatoms. The summed E-state index contributed by atoms with van der Waals surface area (Å²) in [5, 5.41) is 11.6. The van der Waals surface area contributed by atoms with Crippen LogP contribution in [-0.2, 0) is 24.2 Å². The molecule has 0 atom stereocenters. The first-order valence-corrected chi connectivity index (χ1v) is 10.5. The number of anilines is 1. The Morgan fingerprint density at radius 3 is 2.58 bits per heavy atom. The van der Waals surface area contributed by atoms with E-state index in [0.29, 0.717) is 41.3 Å². The predicted octanol–water partition coefficient (Wildman–Crippen LogP) is 4.61. The number of aromatic nitrogens is 1. The van der Waals surface area contributed by atoms with Gasteiger partial charge in [0.05, 0.1) is 23.7 Å². The molecule has 7 nitrogen and oxygen atoms in total. The summed E-state index contributed by atoms with van der Waals surface area (Å²) in [5.41, 5.74) is 2.54. The van der Waals surface area contributed by atoms with Crippen LogP contribution in [0.1, 0.15) is 29.2 Å². The molecule has 33 heavy (non-hydrogen) atoms. The molecule has 4 rings (SSSR count). The van der Waals surface area contributed by atoms with Crippen LogP contribution in [0.25, 0.3) is 0 Å². The Labute approximate surface area is 190 Å². The molecule has 2 aromatic carbocycles. The van der Waals surface area contributed by atoms with Gasteiger partial charge in [0, 0.05) is 25.6 Å². The van der Waals surface area contributed by atoms with Gasteiger partial charge in [-0.15, -0.1) is 0 Å². The first-order chi connectivity index (χ1) is 16.0. The van der Waals surface area contributed by atoms with Crippen molar-refractivity contribution in [3.63, 3.8) is 0 Å². The van der Waals surface area contributed by atoms with E-state index in [1.165, 1.54) is 18.3 Å². The summed E-state index contributed by atoms with van der Waals surface area (Å²) in [6, 6.07) is 14.7. The van der Waals surface area contributed by atoms with Crippen molar-refractivity contribution >= 4 is 17.6 Å². The molecule has 0 bridgehead atoms. The summed E-state index contributed by atoms with van der Waals surface area (Å²) in [4.78, 5) is 30.2. The van der Waals surface area contributed by atoms with Crippen molar-refractivity contribution in [1.82, 2.24) is 9.88 Å². The molecule has 0 fully saturated rings. The standard InChI is InChI=1S/C25H21FN4O3/c1-2-30-15-20-22(9-10-28-24(20)29-25(30)32)33-23-8-7-18(13-21(23)26)12-19(31)11-16-3-5-17(14-27)6-4-16/h3-10,13H,2,11-12,15H2,1H3,(H,28,29,32). The van der Waals surface area contributed by atoms with Gasteiger partial charge in [-0.25, -0.2) is 14.2 Å². The van der Waals surface area contributed by atoms with E-state index in [1.54, 1.807) is 41.3 Å². The minimum atomic E-state index is -0.587. The lowest BCUT2D eigenvalue weighted by Crippen LogP contribution is -2.38. The molecule has 0 radical (unpaired) electrons. The number of nitrogens with zero attached hydrogens (tertiary/aromatic N) is 3. The van der Waals surface area contributed by atoms with E-state index in [4.69, 9.17) is 10.00 Å². The van der Waals surface area contributed by atoms with Crippen molar-refractivity contribution in [1.29, 1.82) is 5.26 Å². The Bertz CT molecular complexity index is 1250. The summed E-state index contributed by atoms with van der Waals surface area (Å²) >= 11 is 0. The third-order valence-electron chi connectivity index (χ3n) is 5.36. The van der Waals surface area contributed by atoms with E-state index in [1.807, 2.05) is 13.0 Å². The molecule has 2 heterocycles. The zero-order valence-corrected chi connectivity index (χ0v) is 18.0. The Balaban J connectivity index is 1.45. The van der Waals surface area contributed by atoms with Crippen LogP contribution in [0.15, 0.2) is 54.7 Å². The fraction of sp³-hybridized carbons (Fsp3) is 0.200. The van der Waals surface area contributed by atoms with Crippen LogP contribution in [0.5, 0.6) is 11.5 Å². The second kappa shape index (κ2) is 9.49. The Kier molecular flexibility index (Phi) is 6.31. The Morgan fingerprint density at radius 2 is 1.88 bits per heavy atom. The topological polar surface area (TPSA) is 95.3 Å². The van der Waals surface area contributed by atoms with Crippen molar-refractivity contribution < 1.29 is 18.7 Å². The predicted molar refractivity (Wildman–Crippen MR) is 119 cm³/mol. The number of carbonyl (C=O) groups excluding carboxylic acids is 2. The van der Waals surface area contributed by atoms with Gasteiger partial charge < -0.3 is 9.64 Å². The molecule has 166 valence electrons. The van der Waals surface area contributed by atoms with Gasteiger partial charge in [0.25, 0.3) is 0 Å². The van der Waals surface area contributed by atoms with Crippen LogP contribution in [0.4, 0.5) is 15.0 Å². The van der Waals surface area contributed by atoms with Gasteiger partial charge in [-0.05, 0) is 48.4 Å². The van der Waals surface area contributed by atoms with Gasteiger partial charge in [-0.1, -0.05) is 18.2 Å². The summed E-state index contributed by atoms with van der Waals surface area (Å²) in [6.45, 7) is 2.69. The average Bonchev–Trinajstić information content (AvgIpc) is 2.81. The number of pyridine rings is 1. The first-order valence-electron chi connectivity index (χ1n) is 10.5. The van der Waals surface area contributed by atoms with Crippen molar-refractivity contribution in [2.24, 2.45) is 0 Å². The highest BCUT2D eigenvalue weighted by Gasteiger charge is 2.25. The average molecular weight is 444 g/mol. The number of nitrogens with one attached hydrogen (secondary N) is 1. The molecule has 0 saturated heterocycles. The van der Waals surface area contributed by atoms with E-state index < -0.39 is 5.82 Å². The fourth-order valence-corrected chi connectivity index (χ4v) is 3.60. The largest absolute Gasteiger partial charge is 0.454 e. The number of carbonyl (C=O) groups is 2. The SMILES string of the molecule is CCN1Cc2c(Oc3ccc(CC(=O)Cc4ccc(C#N)cc4)cc3F)ccnc2NC1=O. The zero-order chi connectivity index (χ0) is 23.4. The van der Waals surface area contributed by atoms with Crippen LogP contribution in [0.2, 0.25) is 0 Å². The minimum absolute atomic E-state index is 0.0200. The maximum Gasteiger partial charge on any atom is 0.323 e. The van der Waals surface area contributed by atoms with E-state index in [-0.39, 0.29) is 30.4 Å². The molecule has 3 aromatic rings. The smallest absolute Gasteiger partial charge is 0.323 e. The van der Waals surface area contributed by atoms with Gasteiger partial charge in [-0.2, -0.15) is 5.26 Å². The summed E-state index contributed by atoms with van der Waals surface area (Å²) < 4.78 is 20.6. The number of nitriles is 1. The molecule has 1 aliphatic heterocycles. The lowest BCUT2D eigenvalue weighted by molar-refractivity contribution is -0.117. The normalized spacial score (nSPS) is 12.5. The molecule has 2 amide bonds. The second-order valence-corrected chi connectivity index (χ2v) is 7.65. The molecule has 0 aliphatic carbocycles. The van der Waals surface area contributed by atoms with Gasteiger partial charge in [0.2, 0.25) is 0 Å². The van der Waals surface area contributed by atoms with E-state index in [0.717, 1.165) is 5.56 Å². The number of halogens is 1. The highest BCUT2D eigenvalue weighted by molar-refractivity contribution is 5.91. The van der Waals surface area contributed by atoms with Gasteiger partial charge >= 0.3 is 6.03 Å². The summed E-state index contributed by atoms with van der Waals surface area (Å²) in [6.07, 6.45) is 1.78. The molecule has 1 aliphatic rings. The number of hydrogen-bond acceptors (Lipinski definition) is 5. The van der Waals surface area contributed by atoms with Crippen molar-refractivity contribution in [3.05, 3.63) is 82.8 Å². The van der Waals surface area contributed by atoms with Crippen LogP contribution in [0.3, 0.4) is 0 Å². The second-order valence-electron chi connectivity index (χ2n) is 7.65. The lowest BCUT2D eigenvalue weighted by Gasteiger charge is -2.28. The van der Waals surface area contributed by atoms with E-state index >= 15 is 0 Å². The third-order valence-corrected chi connectivity index (χ3v) is 5.36. The van der Waals surface area contributed by atoms with Crippen LogP contribution < -0.4 is 10.1 Å². The highest BCUT2D eigenvalue weighted by Crippen LogP contribution is 2.34. The summed E-state index contributed by atoms with van der Waals surface area (Å²) in [7, 11) is 0. The monoisotopic (exact) mass is 444 g/mol. The van der Waals surface area contributed by atoms with Gasteiger partial charge in [0.15, 0.2) is 11.6 Å². The number of amides is 2. The first kappa shape index (κ1) is 22.0. The molecule has 0 unspecified atom stereocenters. The van der Waals surface area contributed by atoms with Crippen molar-refractivity contribution in [2.45, 2.75) is 26.3 Å². The highest BCUT2D eigenvalue weighted by atomic mass is 19.1. The van der Waals surface area contributed by atoms with Crippen molar-refractivity contribution in [3.8, 4) is 17.6 Å². The number of ketones is 1. The van der Waals surface area contributed by atoms with Gasteiger partial charge in [-0.3, -0.25) is 10.1 Å².